The van der Waals surface area contributed by atoms with Crippen molar-refractivity contribution in [2.45, 2.75) is 31.7 Å². The molecule has 1 aliphatic carbocycles. The zero-order valence-corrected chi connectivity index (χ0v) is 15.5. The van der Waals surface area contributed by atoms with Crippen LogP contribution >= 0.6 is 0 Å². The summed E-state index contributed by atoms with van der Waals surface area (Å²) in [7, 11) is 0. The van der Waals surface area contributed by atoms with Crippen LogP contribution in [0.5, 0.6) is 5.75 Å². The number of carbonyl (C=O) groups is 2. The molecule has 1 saturated heterocycles. The molecule has 1 aromatic carbocycles. The number of morpholine rings is 1. The number of hydrogen-bond acceptors (Lipinski definition) is 6. The van der Waals surface area contributed by atoms with Gasteiger partial charge in [-0.15, -0.1) is 0 Å². The quantitative estimate of drug-likeness (QED) is 0.421. The second-order valence-corrected chi connectivity index (χ2v) is 7.08. The number of benzene rings is 1. The summed E-state index contributed by atoms with van der Waals surface area (Å²) in [5, 5.41) is 2.92. The van der Waals surface area contributed by atoms with E-state index in [1.54, 1.807) is 12.1 Å². The highest BCUT2D eigenvalue weighted by Crippen LogP contribution is 2.26. The van der Waals surface area contributed by atoms with Crippen LogP contribution < -0.4 is 21.5 Å². The predicted octanol–water partition coefficient (Wildman–Crippen LogP) is 0.290. The predicted molar refractivity (Wildman–Crippen MR) is 102 cm³/mol. The molecule has 0 aromatic heterocycles. The molecule has 148 valence electrons. The lowest BCUT2D eigenvalue weighted by molar-refractivity contribution is -0.120. The fourth-order valence-electron chi connectivity index (χ4n) is 3.10. The summed E-state index contributed by atoms with van der Waals surface area (Å²) in [5.41, 5.74) is 12.5. The van der Waals surface area contributed by atoms with Crippen molar-refractivity contribution >= 4 is 17.5 Å². The van der Waals surface area contributed by atoms with Crippen molar-refractivity contribution in [3.8, 4) is 5.75 Å². The molecular formula is C19H28N4O4. The first-order chi connectivity index (χ1) is 13.0. The van der Waals surface area contributed by atoms with Crippen molar-refractivity contribution in [2.24, 2.45) is 5.73 Å². The lowest BCUT2D eigenvalue weighted by Gasteiger charge is -2.26. The number of amides is 2. The molecule has 1 aliphatic heterocycles. The van der Waals surface area contributed by atoms with Gasteiger partial charge in [-0.3, -0.25) is 14.5 Å². The first-order valence-electron chi connectivity index (χ1n) is 9.47. The van der Waals surface area contributed by atoms with E-state index in [1.165, 1.54) is 0 Å². The summed E-state index contributed by atoms with van der Waals surface area (Å²) in [4.78, 5) is 26.1. The van der Waals surface area contributed by atoms with Crippen molar-refractivity contribution < 1.29 is 19.1 Å². The number of nitrogens with zero attached hydrogens (tertiary/aromatic N) is 1. The molecule has 2 amide bonds. The van der Waals surface area contributed by atoms with E-state index in [0.29, 0.717) is 17.9 Å². The van der Waals surface area contributed by atoms with Crippen molar-refractivity contribution in [1.29, 1.82) is 0 Å². The Balaban J connectivity index is 1.58. The van der Waals surface area contributed by atoms with Gasteiger partial charge in [0.1, 0.15) is 5.75 Å². The molecule has 2 fully saturated rings. The maximum atomic E-state index is 12.1. The highest BCUT2D eigenvalue weighted by Gasteiger charge is 2.24. The number of nitrogens with one attached hydrogen (secondary N) is 1. The van der Waals surface area contributed by atoms with Crippen LogP contribution in [0.2, 0.25) is 0 Å². The van der Waals surface area contributed by atoms with Crippen molar-refractivity contribution in [3.63, 3.8) is 0 Å². The minimum Gasteiger partial charge on any atom is -0.494 e. The van der Waals surface area contributed by atoms with E-state index in [2.05, 4.69) is 10.2 Å². The highest BCUT2D eigenvalue weighted by atomic mass is 16.5. The van der Waals surface area contributed by atoms with Gasteiger partial charge in [-0.1, -0.05) is 0 Å². The van der Waals surface area contributed by atoms with Gasteiger partial charge >= 0.3 is 0 Å². The van der Waals surface area contributed by atoms with Crippen LogP contribution in [-0.2, 0) is 16.0 Å². The topological polar surface area (TPSA) is 120 Å². The van der Waals surface area contributed by atoms with E-state index >= 15 is 0 Å². The Bertz CT molecular complexity index is 685. The summed E-state index contributed by atoms with van der Waals surface area (Å²) in [6.07, 6.45) is 2.99. The smallest absolute Gasteiger partial charge is 0.250 e. The van der Waals surface area contributed by atoms with E-state index in [-0.39, 0.29) is 29.6 Å². The lowest BCUT2D eigenvalue weighted by Crippen LogP contribution is -2.37. The minimum atomic E-state index is -0.630. The molecule has 2 aliphatic rings. The monoisotopic (exact) mass is 376 g/mol. The van der Waals surface area contributed by atoms with Crippen LogP contribution in [-0.4, -0.2) is 62.2 Å². The molecule has 0 unspecified atom stereocenters. The average molecular weight is 376 g/mol. The van der Waals surface area contributed by atoms with Gasteiger partial charge in [-0.25, -0.2) is 0 Å². The molecule has 1 saturated carbocycles. The van der Waals surface area contributed by atoms with Gasteiger partial charge in [0, 0.05) is 31.4 Å². The maximum absolute atomic E-state index is 12.1. The van der Waals surface area contributed by atoms with Gasteiger partial charge in [0.15, 0.2) is 0 Å². The molecule has 8 heteroatoms. The van der Waals surface area contributed by atoms with Gasteiger partial charge in [-0.2, -0.15) is 0 Å². The third-order valence-electron chi connectivity index (χ3n) is 4.79. The summed E-state index contributed by atoms with van der Waals surface area (Å²) >= 11 is 0. The molecule has 27 heavy (non-hydrogen) atoms. The molecule has 5 N–H and O–H groups in total. The summed E-state index contributed by atoms with van der Waals surface area (Å²) in [6, 6.07) is 3.55. The summed E-state index contributed by atoms with van der Waals surface area (Å²) < 4.78 is 11.1. The van der Waals surface area contributed by atoms with Gasteiger partial charge in [0.2, 0.25) is 5.91 Å². The Morgan fingerprint density at radius 1 is 1.26 bits per heavy atom. The number of anilines is 1. The standard InChI is InChI=1S/C19H28N4O4/c20-18-13(11-17(24)22-14-2-3-14)10-15(12-16(18)19(21)25)27-7-1-4-23-5-8-26-9-6-23/h10,12,14H,1-9,11,20H2,(H2,21,25)(H,22,24). The molecular weight excluding hydrogens is 348 g/mol. The fourth-order valence-corrected chi connectivity index (χ4v) is 3.10. The fraction of sp³-hybridized carbons (Fsp3) is 0.579. The Labute approximate surface area is 159 Å². The zero-order chi connectivity index (χ0) is 19.2. The first kappa shape index (κ1) is 19.4. The molecule has 1 aromatic rings. The van der Waals surface area contributed by atoms with Crippen LogP contribution in [0, 0.1) is 0 Å². The van der Waals surface area contributed by atoms with E-state index in [1.807, 2.05) is 0 Å². The number of hydrogen-bond donors (Lipinski definition) is 3. The Morgan fingerprint density at radius 3 is 2.67 bits per heavy atom. The Hall–Kier alpha value is -2.32. The lowest BCUT2D eigenvalue weighted by atomic mass is 10.0. The SMILES string of the molecule is NC(=O)c1cc(OCCCN2CCOCC2)cc(CC(=O)NC2CC2)c1N. The number of ether oxygens (including phenoxy) is 2. The van der Waals surface area contributed by atoms with Crippen molar-refractivity contribution in [2.75, 3.05) is 45.2 Å². The van der Waals surface area contributed by atoms with Crippen LogP contribution in [0.3, 0.4) is 0 Å². The van der Waals surface area contributed by atoms with Crippen molar-refractivity contribution in [3.05, 3.63) is 23.3 Å². The van der Waals surface area contributed by atoms with Crippen LogP contribution in [0.15, 0.2) is 12.1 Å². The van der Waals surface area contributed by atoms with Crippen LogP contribution in [0.25, 0.3) is 0 Å². The Kier molecular flexibility index (Phi) is 6.52. The van der Waals surface area contributed by atoms with Crippen molar-refractivity contribution in [1.82, 2.24) is 10.2 Å². The molecule has 3 rings (SSSR count). The zero-order valence-electron chi connectivity index (χ0n) is 15.5. The number of nitrogens with two attached hydrogens (primary N) is 2. The van der Waals surface area contributed by atoms with E-state index < -0.39 is 5.91 Å². The van der Waals surface area contributed by atoms with E-state index in [4.69, 9.17) is 20.9 Å². The van der Waals surface area contributed by atoms with Gasteiger partial charge < -0.3 is 26.3 Å². The third-order valence-corrected chi connectivity index (χ3v) is 4.79. The van der Waals surface area contributed by atoms with Gasteiger partial charge in [0.25, 0.3) is 5.91 Å². The van der Waals surface area contributed by atoms with Gasteiger partial charge in [0.05, 0.1) is 31.8 Å². The number of rotatable bonds is 9. The average Bonchev–Trinajstić information content (AvgIpc) is 3.45. The second kappa shape index (κ2) is 9.05. The molecule has 8 nitrogen and oxygen atoms in total. The third kappa shape index (κ3) is 5.83. The number of nitrogen functional groups attached to an aromatic ring is 1. The first-order valence-corrected chi connectivity index (χ1v) is 9.47. The largest absolute Gasteiger partial charge is 0.494 e. The Morgan fingerprint density at radius 2 is 2.00 bits per heavy atom. The molecule has 0 radical (unpaired) electrons. The van der Waals surface area contributed by atoms with Crippen LogP contribution in [0.1, 0.15) is 35.2 Å². The maximum Gasteiger partial charge on any atom is 0.250 e. The molecule has 0 bridgehead atoms. The summed E-state index contributed by atoms with van der Waals surface area (Å²) in [5.74, 6) is -0.228. The summed E-state index contributed by atoms with van der Waals surface area (Å²) in [6.45, 7) is 4.85. The molecule has 0 spiro atoms. The van der Waals surface area contributed by atoms with E-state index in [9.17, 15) is 9.59 Å². The minimum absolute atomic E-state index is 0.105. The van der Waals surface area contributed by atoms with Crippen LogP contribution in [0.4, 0.5) is 5.69 Å². The second-order valence-electron chi connectivity index (χ2n) is 7.08. The van der Waals surface area contributed by atoms with Gasteiger partial charge in [-0.05, 0) is 37.0 Å². The molecule has 1 heterocycles. The normalized spacial score (nSPS) is 17.5. The number of primary amides is 1. The molecule has 0 atom stereocenters. The highest BCUT2D eigenvalue weighted by molar-refractivity contribution is 5.99. The number of carbonyl (C=O) groups excluding carboxylic acids is 2. The van der Waals surface area contributed by atoms with E-state index in [0.717, 1.165) is 52.1 Å².